The number of carbonyl (C=O) groups excluding carboxylic acids is 2. The molecule has 1 saturated heterocycles. The molecule has 0 unspecified atom stereocenters. The van der Waals surface area contributed by atoms with Gasteiger partial charge in [0.05, 0.1) is 12.6 Å². The molecule has 6 heteroatoms. The van der Waals surface area contributed by atoms with Gasteiger partial charge in [-0.3, -0.25) is 19.4 Å². The third-order valence-corrected chi connectivity index (χ3v) is 7.48. The monoisotopic (exact) mass is 428 g/mol. The summed E-state index contributed by atoms with van der Waals surface area (Å²) in [6.45, 7) is 14.2. The standard InChI is InChI=1S/C25H40N4O2/c1-17-8-7-11-22(20(17)4)26-25(31)21(5)29-14-12-28(13-15-29)16-23(30)27-24-18(2)9-6-10-19(24)3/h6,9-10,17,20-22H,7-8,11-16H2,1-5H3,(H,26,31)(H,27,30)/t17-,20-,21-,22-/m0/s1. The number of aryl methyl sites for hydroxylation is 2. The van der Waals surface area contributed by atoms with Gasteiger partial charge in [-0.25, -0.2) is 0 Å². The van der Waals surface area contributed by atoms with Crippen LogP contribution in [0.4, 0.5) is 5.69 Å². The van der Waals surface area contributed by atoms with Gasteiger partial charge in [-0.1, -0.05) is 44.9 Å². The van der Waals surface area contributed by atoms with Gasteiger partial charge < -0.3 is 10.6 Å². The molecule has 1 aromatic carbocycles. The van der Waals surface area contributed by atoms with Crippen molar-refractivity contribution in [2.45, 2.75) is 66.0 Å². The van der Waals surface area contributed by atoms with Crippen molar-refractivity contribution >= 4 is 17.5 Å². The zero-order valence-corrected chi connectivity index (χ0v) is 19.9. The smallest absolute Gasteiger partial charge is 0.238 e. The summed E-state index contributed by atoms with van der Waals surface area (Å²) < 4.78 is 0. The lowest BCUT2D eigenvalue weighted by molar-refractivity contribution is -0.128. The highest BCUT2D eigenvalue weighted by Crippen LogP contribution is 2.29. The molecule has 1 heterocycles. The van der Waals surface area contributed by atoms with Crippen molar-refractivity contribution in [3.8, 4) is 0 Å². The van der Waals surface area contributed by atoms with E-state index in [1.54, 1.807) is 0 Å². The van der Waals surface area contributed by atoms with Crippen LogP contribution in [0.5, 0.6) is 0 Å². The number of nitrogens with zero attached hydrogens (tertiary/aromatic N) is 2. The molecular weight excluding hydrogens is 388 g/mol. The zero-order chi connectivity index (χ0) is 22.5. The highest BCUT2D eigenvalue weighted by atomic mass is 16.2. The van der Waals surface area contributed by atoms with Gasteiger partial charge >= 0.3 is 0 Å². The molecule has 2 fully saturated rings. The van der Waals surface area contributed by atoms with E-state index in [4.69, 9.17) is 0 Å². The molecule has 0 spiro atoms. The predicted octanol–water partition coefficient (Wildman–Crippen LogP) is 3.19. The summed E-state index contributed by atoms with van der Waals surface area (Å²) in [6.07, 6.45) is 3.56. The van der Waals surface area contributed by atoms with E-state index >= 15 is 0 Å². The number of hydrogen-bond donors (Lipinski definition) is 2. The Labute approximate surface area is 187 Å². The van der Waals surface area contributed by atoms with Crippen LogP contribution in [0.2, 0.25) is 0 Å². The maximum atomic E-state index is 12.9. The van der Waals surface area contributed by atoms with Crippen molar-refractivity contribution in [1.29, 1.82) is 0 Å². The van der Waals surface area contributed by atoms with Gasteiger partial charge in [0, 0.05) is 37.9 Å². The number of amides is 2. The molecule has 4 atom stereocenters. The van der Waals surface area contributed by atoms with Gasteiger partial charge in [-0.05, 0) is 50.2 Å². The molecule has 31 heavy (non-hydrogen) atoms. The first-order valence-corrected chi connectivity index (χ1v) is 11.9. The number of carbonyl (C=O) groups is 2. The van der Waals surface area contributed by atoms with Crippen LogP contribution in [0.15, 0.2) is 18.2 Å². The van der Waals surface area contributed by atoms with Crippen LogP contribution in [0.1, 0.15) is 51.2 Å². The third-order valence-electron chi connectivity index (χ3n) is 7.48. The largest absolute Gasteiger partial charge is 0.352 e. The average molecular weight is 429 g/mol. The summed E-state index contributed by atoms with van der Waals surface area (Å²) in [5.41, 5.74) is 3.09. The maximum Gasteiger partial charge on any atom is 0.238 e. The van der Waals surface area contributed by atoms with Crippen molar-refractivity contribution in [3.63, 3.8) is 0 Å². The Morgan fingerprint density at radius 3 is 2.35 bits per heavy atom. The quantitative estimate of drug-likeness (QED) is 0.730. The highest BCUT2D eigenvalue weighted by molar-refractivity contribution is 5.93. The molecule has 1 aliphatic carbocycles. The zero-order valence-electron chi connectivity index (χ0n) is 19.9. The summed E-state index contributed by atoms with van der Waals surface area (Å²) >= 11 is 0. The number of anilines is 1. The van der Waals surface area contributed by atoms with E-state index < -0.39 is 0 Å². The fourth-order valence-corrected chi connectivity index (χ4v) is 4.96. The molecule has 6 nitrogen and oxygen atoms in total. The van der Waals surface area contributed by atoms with Gasteiger partial charge in [-0.2, -0.15) is 0 Å². The number of piperazine rings is 1. The number of para-hydroxylation sites is 1. The lowest BCUT2D eigenvalue weighted by Crippen LogP contribution is -2.56. The van der Waals surface area contributed by atoms with Crippen LogP contribution in [-0.2, 0) is 9.59 Å². The molecule has 0 bridgehead atoms. The molecule has 1 aliphatic heterocycles. The summed E-state index contributed by atoms with van der Waals surface area (Å²) in [5, 5.41) is 6.39. The molecule has 2 amide bonds. The van der Waals surface area contributed by atoms with Crippen LogP contribution >= 0.6 is 0 Å². The normalized spacial score (nSPS) is 26.3. The first-order valence-electron chi connectivity index (χ1n) is 11.9. The lowest BCUT2D eigenvalue weighted by Gasteiger charge is -2.39. The average Bonchev–Trinajstić information content (AvgIpc) is 2.74. The van der Waals surface area contributed by atoms with Crippen molar-refractivity contribution in [1.82, 2.24) is 15.1 Å². The summed E-state index contributed by atoms with van der Waals surface area (Å²) in [6, 6.07) is 6.21. The molecule has 0 radical (unpaired) electrons. The lowest BCUT2D eigenvalue weighted by atomic mass is 9.78. The second-order valence-electron chi connectivity index (χ2n) is 9.69. The Morgan fingerprint density at radius 2 is 1.71 bits per heavy atom. The highest BCUT2D eigenvalue weighted by Gasteiger charge is 2.31. The van der Waals surface area contributed by atoms with Gasteiger partial charge in [0.25, 0.3) is 0 Å². The minimum absolute atomic E-state index is 0.0250. The summed E-state index contributed by atoms with van der Waals surface area (Å²) in [7, 11) is 0. The Balaban J connectivity index is 1.44. The van der Waals surface area contributed by atoms with Gasteiger partial charge in [0.1, 0.15) is 0 Å². The van der Waals surface area contributed by atoms with Crippen LogP contribution in [0, 0.1) is 25.7 Å². The van der Waals surface area contributed by atoms with E-state index in [1.807, 2.05) is 39.0 Å². The molecule has 2 N–H and O–H groups in total. The fraction of sp³-hybridized carbons (Fsp3) is 0.680. The van der Waals surface area contributed by atoms with Crippen LogP contribution < -0.4 is 10.6 Å². The Hall–Kier alpha value is -1.92. The number of hydrogen-bond acceptors (Lipinski definition) is 4. The summed E-state index contributed by atoms with van der Waals surface area (Å²) in [4.78, 5) is 29.8. The minimum Gasteiger partial charge on any atom is -0.352 e. The molecule has 172 valence electrons. The molecule has 1 aromatic rings. The van der Waals surface area contributed by atoms with E-state index in [0.717, 1.165) is 49.4 Å². The number of benzene rings is 1. The van der Waals surface area contributed by atoms with E-state index in [0.29, 0.717) is 24.4 Å². The van der Waals surface area contributed by atoms with Crippen molar-refractivity contribution < 1.29 is 9.59 Å². The van der Waals surface area contributed by atoms with Gasteiger partial charge in [-0.15, -0.1) is 0 Å². The fourth-order valence-electron chi connectivity index (χ4n) is 4.96. The molecule has 3 rings (SSSR count). The SMILES string of the molecule is Cc1cccc(C)c1NC(=O)CN1CCN([C@@H](C)C(=O)N[C@H]2CCC[C@H](C)[C@@H]2C)CC1. The second kappa shape index (κ2) is 10.6. The summed E-state index contributed by atoms with van der Waals surface area (Å²) in [5.74, 6) is 1.38. The van der Waals surface area contributed by atoms with Gasteiger partial charge in [0.2, 0.25) is 11.8 Å². The van der Waals surface area contributed by atoms with Crippen molar-refractivity contribution in [2.75, 3.05) is 38.0 Å². The van der Waals surface area contributed by atoms with E-state index in [-0.39, 0.29) is 17.9 Å². The van der Waals surface area contributed by atoms with E-state index in [2.05, 4.69) is 34.3 Å². The Kier molecular flexibility index (Phi) is 8.11. The minimum atomic E-state index is -0.130. The molecule has 1 saturated carbocycles. The molecule has 0 aromatic heterocycles. The van der Waals surface area contributed by atoms with Crippen LogP contribution in [-0.4, -0.2) is 66.4 Å². The van der Waals surface area contributed by atoms with E-state index in [9.17, 15) is 9.59 Å². The van der Waals surface area contributed by atoms with Crippen LogP contribution in [0.25, 0.3) is 0 Å². The maximum absolute atomic E-state index is 12.9. The van der Waals surface area contributed by atoms with Crippen molar-refractivity contribution in [3.05, 3.63) is 29.3 Å². The molecular formula is C25H40N4O2. The Bertz CT molecular complexity index is 753. The third kappa shape index (κ3) is 6.07. The number of rotatable bonds is 6. The molecule has 2 aliphatic rings. The second-order valence-corrected chi connectivity index (χ2v) is 9.69. The van der Waals surface area contributed by atoms with Crippen LogP contribution in [0.3, 0.4) is 0 Å². The topological polar surface area (TPSA) is 64.7 Å². The van der Waals surface area contributed by atoms with Gasteiger partial charge in [0.15, 0.2) is 0 Å². The van der Waals surface area contributed by atoms with Crippen molar-refractivity contribution in [2.24, 2.45) is 11.8 Å². The predicted molar refractivity (Wildman–Crippen MR) is 126 cm³/mol. The number of nitrogens with one attached hydrogen (secondary N) is 2. The van der Waals surface area contributed by atoms with E-state index in [1.165, 1.54) is 12.8 Å². The first-order chi connectivity index (χ1) is 14.8. The Morgan fingerprint density at radius 1 is 1.06 bits per heavy atom. The first kappa shape index (κ1) is 23.7.